The zero-order valence-corrected chi connectivity index (χ0v) is 16.0. The Hall–Kier alpha value is -3.44. The SMILES string of the molecule is NC(=O)c1cccc2[nH]c(-c3ccc(-c4ccc(CNC5CC5)cc4)cc3)nc12. The monoisotopic (exact) mass is 382 g/mol. The average Bonchev–Trinajstić information content (AvgIpc) is 3.48. The molecule has 1 fully saturated rings. The number of nitrogens with one attached hydrogen (secondary N) is 2. The van der Waals surface area contributed by atoms with Crippen molar-refractivity contribution < 1.29 is 4.79 Å². The standard InChI is InChI=1S/C24H22N4O/c25-23(29)20-2-1-3-21-22(20)28-24(27-21)18-10-8-17(9-11-18)16-6-4-15(5-7-16)14-26-19-12-13-19/h1-11,19,26H,12-14H2,(H2,25,29)(H,27,28). The molecular weight excluding hydrogens is 360 g/mol. The molecule has 0 saturated heterocycles. The van der Waals surface area contributed by atoms with Crippen molar-refractivity contribution in [1.82, 2.24) is 15.3 Å². The molecule has 0 aliphatic heterocycles. The molecule has 1 amide bonds. The minimum Gasteiger partial charge on any atom is -0.366 e. The summed E-state index contributed by atoms with van der Waals surface area (Å²) in [5.41, 5.74) is 11.9. The molecular formula is C24H22N4O. The molecule has 3 aromatic carbocycles. The average molecular weight is 382 g/mol. The number of hydrogen-bond acceptors (Lipinski definition) is 3. The van der Waals surface area contributed by atoms with Crippen LogP contribution in [0.15, 0.2) is 66.7 Å². The highest BCUT2D eigenvalue weighted by Crippen LogP contribution is 2.26. The lowest BCUT2D eigenvalue weighted by Crippen LogP contribution is -2.14. The Balaban J connectivity index is 1.38. The van der Waals surface area contributed by atoms with Crippen LogP contribution in [-0.4, -0.2) is 21.9 Å². The lowest BCUT2D eigenvalue weighted by molar-refractivity contribution is 0.100. The molecule has 4 N–H and O–H groups in total. The van der Waals surface area contributed by atoms with Crippen LogP contribution in [0.5, 0.6) is 0 Å². The largest absolute Gasteiger partial charge is 0.366 e. The molecule has 0 bridgehead atoms. The zero-order valence-electron chi connectivity index (χ0n) is 16.0. The van der Waals surface area contributed by atoms with Crippen LogP contribution in [0.1, 0.15) is 28.8 Å². The van der Waals surface area contributed by atoms with Crippen molar-refractivity contribution >= 4 is 16.9 Å². The molecule has 5 nitrogen and oxygen atoms in total. The predicted molar refractivity (Wildman–Crippen MR) is 115 cm³/mol. The third-order valence-corrected chi connectivity index (χ3v) is 5.40. The number of fused-ring (bicyclic) bond motifs is 1. The fourth-order valence-electron chi connectivity index (χ4n) is 3.55. The van der Waals surface area contributed by atoms with Crippen molar-refractivity contribution in [2.45, 2.75) is 25.4 Å². The summed E-state index contributed by atoms with van der Waals surface area (Å²) in [6, 6.07) is 23.1. The predicted octanol–water partition coefficient (Wildman–Crippen LogP) is 4.25. The number of amides is 1. The Morgan fingerprint density at radius 3 is 2.28 bits per heavy atom. The van der Waals surface area contributed by atoms with Gasteiger partial charge in [0.1, 0.15) is 11.3 Å². The molecule has 29 heavy (non-hydrogen) atoms. The van der Waals surface area contributed by atoms with Crippen LogP contribution >= 0.6 is 0 Å². The number of H-pyrrole nitrogens is 1. The quantitative estimate of drug-likeness (QED) is 0.466. The molecule has 1 aliphatic carbocycles. The number of nitrogens with two attached hydrogens (primary N) is 1. The van der Waals surface area contributed by atoms with Gasteiger partial charge >= 0.3 is 0 Å². The molecule has 0 radical (unpaired) electrons. The van der Waals surface area contributed by atoms with E-state index in [1.54, 1.807) is 12.1 Å². The van der Waals surface area contributed by atoms with E-state index in [0.717, 1.165) is 35.1 Å². The first-order chi connectivity index (χ1) is 14.2. The van der Waals surface area contributed by atoms with Crippen molar-refractivity contribution in [3.8, 4) is 22.5 Å². The van der Waals surface area contributed by atoms with Crippen LogP contribution in [-0.2, 0) is 6.54 Å². The molecule has 1 saturated carbocycles. The maximum atomic E-state index is 11.6. The number of aromatic amines is 1. The van der Waals surface area contributed by atoms with E-state index in [-0.39, 0.29) is 0 Å². The number of nitrogens with zero attached hydrogens (tertiary/aromatic N) is 1. The summed E-state index contributed by atoms with van der Waals surface area (Å²) in [6.07, 6.45) is 2.61. The van der Waals surface area contributed by atoms with Crippen LogP contribution < -0.4 is 11.1 Å². The van der Waals surface area contributed by atoms with Gasteiger partial charge < -0.3 is 16.0 Å². The molecule has 1 aliphatic rings. The number of hydrogen-bond donors (Lipinski definition) is 3. The maximum absolute atomic E-state index is 11.6. The summed E-state index contributed by atoms with van der Waals surface area (Å²) < 4.78 is 0. The fraction of sp³-hybridized carbons (Fsp3) is 0.167. The molecule has 144 valence electrons. The molecule has 0 spiro atoms. The van der Waals surface area contributed by atoms with Crippen molar-refractivity contribution in [1.29, 1.82) is 0 Å². The zero-order chi connectivity index (χ0) is 19.8. The van der Waals surface area contributed by atoms with Gasteiger partial charge in [0.05, 0.1) is 11.1 Å². The highest BCUT2D eigenvalue weighted by molar-refractivity contribution is 6.04. The van der Waals surface area contributed by atoms with Gasteiger partial charge in [-0.3, -0.25) is 4.79 Å². The topological polar surface area (TPSA) is 83.8 Å². The van der Waals surface area contributed by atoms with Gasteiger partial charge in [-0.1, -0.05) is 54.6 Å². The third kappa shape index (κ3) is 3.65. The Morgan fingerprint density at radius 1 is 0.966 bits per heavy atom. The number of imidazole rings is 1. The van der Waals surface area contributed by atoms with Crippen molar-refractivity contribution in [2.24, 2.45) is 5.73 Å². The van der Waals surface area contributed by atoms with Crippen LogP contribution in [0, 0.1) is 0 Å². The number of benzene rings is 3. The number of para-hydroxylation sites is 1. The van der Waals surface area contributed by atoms with Crippen molar-refractivity contribution in [3.05, 3.63) is 77.9 Å². The second-order valence-electron chi connectivity index (χ2n) is 7.58. The molecule has 5 rings (SSSR count). The van der Waals surface area contributed by atoms with E-state index in [1.165, 1.54) is 24.0 Å². The first kappa shape index (κ1) is 17.6. The molecule has 1 heterocycles. The number of rotatable bonds is 6. The maximum Gasteiger partial charge on any atom is 0.250 e. The lowest BCUT2D eigenvalue weighted by atomic mass is 10.0. The first-order valence-corrected chi connectivity index (χ1v) is 9.89. The second kappa shape index (κ2) is 7.18. The van der Waals surface area contributed by atoms with Crippen molar-refractivity contribution in [3.63, 3.8) is 0 Å². The summed E-state index contributed by atoms with van der Waals surface area (Å²) in [4.78, 5) is 19.5. The highest BCUT2D eigenvalue weighted by atomic mass is 16.1. The van der Waals surface area contributed by atoms with Crippen LogP contribution in [0.3, 0.4) is 0 Å². The summed E-state index contributed by atoms with van der Waals surface area (Å²) >= 11 is 0. The van der Waals surface area contributed by atoms with Gasteiger partial charge in [0.15, 0.2) is 0 Å². The number of aromatic nitrogens is 2. The summed E-state index contributed by atoms with van der Waals surface area (Å²) in [6.45, 7) is 0.934. The summed E-state index contributed by atoms with van der Waals surface area (Å²) in [5.74, 6) is 0.251. The fourth-order valence-corrected chi connectivity index (χ4v) is 3.55. The number of primary amides is 1. The Kier molecular flexibility index (Phi) is 4.37. The molecule has 0 atom stereocenters. The summed E-state index contributed by atoms with van der Waals surface area (Å²) in [7, 11) is 0. The highest BCUT2D eigenvalue weighted by Gasteiger charge is 2.19. The van der Waals surface area contributed by atoms with Gasteiger partial charge in [-0.2, -0.15) is 0 Å². The van der Waals surface area contributed by atoms with E-state index in [2.05, 4.69) is 51.7 Å². The minimum absolute atomic E-state index is 0.429. The summed E-state index contributed by atoms with van der Waals surface area (Å²) in [5, 5.41) is 3.54. The van der Waals surface area contributed by atoms with Crippen LogP contribution in [0.25, 0.3) is 33.5 Å². The minimum atomic E-state index is -0.472. The van der Waals surface area contributed by atoms with Crippen LogP contribution in [0.2, 0.25) is 0 Å². The van der Waals surface area contributed by atoms with Gasteiger partial charge in [0.25, 0.3) is 5.91 Å². The normalized spacial score (nSPS) is 13.7. The Morgan fingerprint density at radius 2 is 1.62 bits per heavy atom. The van der Waals surface area contributed by atoms with E-state index < -0.39 is 5.91 Å². The van der Waals surface area contributed by atoms with Gasteiger partial charge in [-0.15, -0.1) is 0 Å². The van der Waals surface area contributed by atoms with Crippen LogP contribution in [0.4, 0.5) is 0 Å². The Bertz CT molecular complexity index is 1170. The molecule has 1 aromatic heterocycles. The number of carbonyl (C=O) groups excluding carboxylic acids is 1. The first-order valence-electron chi connectivity index (χ1n) is 9.89. The second-order valence-corrected chi connectivity index (χ2v) is 7.58. The van der Waals surface area contributed by atoms with Gasteiger partial charge in [-0.25, -0.2) is 4.98 Å². The van der Waals surface area contributed by atoms with Gasteiger partial charge in [-0.05, 0) is 41.7 Å². The number of carbonyl (C=O) groups is 1. The van der Waals surface area contributed by atoms with Gasteiger partial charge in [0, 0.05) is 18.2 Å². The van der Waals surface area contributed by atoms with E-state index in [0.29, 0.717) is 11.1 Å². The van der Waals surface area contributed by atoms with E-state index in [9.17, 15) is 4.79 Å². The lowest BCUT2D eigenvalue weighted by Gasteiger charge is -2.06. The third-order valence-electron chi connectivity index (χ3n) is 5.40. The van der Waals surface area contributed by atoms with Gasteiger partial charge in [0.2, 0.25) is 0 Å². The van der Waals surface area contributed by atoms with Crippen molar-refractivity contribution in [2.75, 3.05) is 0 Å². The van der Waals surface area contributed by atoms with E-state index >= 15 is 0 Å². The molecule has 5 heteroatoms. The molecule has 4 aromatic rings. The molecule has 0 unspecified atom stereocenters. The van der Waals surface area contributed by atoms with E-state index in [4.69, 9.17) is 5.73 Å². The smallest absolute Gasteiger partial charge is 0.250 e. The van der Waals surface area contributed by atoms with E-state index in [1.807, 2.05) is 18.2 Å². The Labute approximate surface area is 169 Å².